The lowest BCUT2D eigenvalue weighted by atomic mass is 10.0. The van der Waals surface area contributed by atoms with E-state index in [-0.39, 0.29) is 11.4 Å². The molecule has 1 unspecified atom stereocenters. The van der Waals surface area contributed by atoms with Crippen molar-refractivity contribution in [2.45, 2.75) is 52.4 Å². The predicted molar refractivity (Wildman–Crippen MR) is 227 cm³/mol. The summed E-state index contributed by atoms with van der Waals surface area (Å²) in [6.07, 6.45) is 4.35. The second-order valence-electron chi connectivity index (χ2n) is 16.2. The number of aliphatic hydroxyl groups is 1. The van der Waals surface area contributed by atoms with E-state index in [2.05, 4.69) is 47.4 Å². The summed E-state index contributed by atoms with van der Waals surface area (Å²) in [5, 5.41) is 20.4. The molecule has 0 aliphatic carbocycles. The minimum absolute atomic E-state index is 0.182. The number of hydrogen-bond acceptors (Lipinski definition) is 11. The Morgan fingerprint density at radius 1 is 1.00 bits per heavy atom. The number of anilines is 3. The van der Waals surface area contributed by atoms with Gasteiger partial charge in [0.25, 0.3) is 5.91 Å². The van der Waals surface area contributed by atoms with Gasteiger partial charge in [0.2, 0.25) is 5.95 Å². The van der Waals surface area contributed by atoms with Crippen LogP contribution in [-0.2, 0) is 22.2 Å². The first-order valence-corrected chi connectivity index (χ1v) is 21.0. The maximum atomic E-state index is 13.3. The standard InChI is InChI=1S/C43H53N8O7P/c1-30-8-15-36(24-38(30)49-42-45-18-16-37(48-42)34-7-6-17-44-25-34)47-41(53)32-11-9-31(10-12-32)27-50-19-21-51(5,22-20-50)28-35-14-13-33(39(52)26-46-43(2,3)4)23-40(35)57-29-58-59(54,55)56/h6-18,23-25,39,46,52H,19-22,26-29H2,1-5H3,(H3-,45,47,48,49,53,54,55,56)/p+1. The van der Waals surface area contributed by atoms with Crippen LogP contribution >= 0.6 is 7.82 Å². The van der Waals surface area contributed by atoms with Gasteiger partial charge >= 0.3 is 7.82 Å². The van der Waals surface area contributed by atoms with E-state index in [1.165, 1.54) is 0 Å². The number of amides is 1. The van der Waals surface area contributed by atoms with E-state index < -0.39 is 20.7 Å². The second-order valence-corrected chi connectivity index (χ2v) is 17.4. The monoisotopic (exact) mass is 825 g/mol. The number of aliphatic hydroxyl groups excluding tert-OH is 1. The first-order chi connectivity index (χ1) is 28.0. The van der Waals surface area contributed by atoms with Gasteiger partial charge in [-0.2, -0.15) is 0 Å². The van der Waals surface area contributed by atoms with Crippen LogP contribution in [0.3, 0.4) is 0 Å². The van der Waals surface area contributed by atoms with Crippen LogP contribution in [0.2, 0.25) is 0 Å². The average molecular weight is 826 g/mol. The van der Waals surface area contributed by atoms with Crippen molar-refractivity contribution in [2.75, 3.05) is 57.2 Å². The highest BCUT2D eigenvalue weighted by Gasteiger charge is 2.31. The zero-order valence-corrected chi connectivity index (χ0v) is 35.0. The third-order valence-corrected chi connectivity index (χ3v) is 10.6. The van der Waals surface area contributed by atoms with Gasteiger partial charge in [-0.05, 0) is 99.0 Å². The lowest BCUT2D eigenvalue weighted by Gasteiger charge is -2.42. The number of rotatable bonds is 16. The Kier molecular flexibility index (Phi) is 13.9. The van der Waals surface area contributed by atoms with E-state index in [1.54, 1.807) is 24.7 Å². The number of carbonyl (C=O) groups excluding carboxylic acids is 1. The fourth-order valence-corrected chi connectivity index (χ4v) is 6.90. The Morgan fingerprint density at radius 2 is 1.76 bits per heavy atom. The molecule has 0 radical (unpaired) electrons. The van der Waals surface area contributed by atoms with Crippen molar-refractivity contribution in [3.63, 3.8) is 0 Å². The van der Waals surface area contributed by atoms with E-state index in [4.69, 9.17) is 4.74 Å². The fraction of sp³-hybridized carbons (Fsp3) is 0.349. The predicted octanol–water partition coefficient (Wildman–Crippen LogP) is 6.17. The molecule has 2 aromatic heterocycles. The van der Waals surface area contributed by atoms with Gasteiger partial charge in [0.15, 0.2) is 6.79 Å². The average Bonchev–Trinajstić information content (AvgIpc) is 3.20. The molecule has 0 bridgehead atoms. The molecule has 3 aromatic carbocycles. The minimum Gasteiger partial charge on any atom is -0.466 e. The normalized spacial score (nSPS) is 15.1. The lowest BCUT2D eigenvalue weighted by Crippen LogP contribution is -2.56. The number of nitrogens with zero attached hydrogens (tertiary/aromatic N) is 5. The second kappa shape index (κ2) is 18.9. The molecular weight excluding hydrogens is 771 g/mol. The summed E-state index contributed by atoms with van der Waals surface area (Å²) in [7, 11) is -2.55. The van der Waals surface area contributed by atoms with E-state index in [9.17, 15) is 24.3 Å². The van der Waals surface area contributed by atoms with Gasteiger partial charge in [-0.15, -0.1) is 0 Å². The van der Waals surface area contributed by atoms with Crippen LogP contribution in [0.15, 0.2) is 97.5 Å². The molecule has 1 fully saturated rings. The number of phosphoric acid groups is 1. The Morgan fingerprint density at radius 3 is 2.46 bits per heavy atom. The van der Waals surface area contributed by atoms with Gasteiger partial charge in [0.05, 0.1) is 31.9 Å². The third kappa shape index (κ3) is 12.9. The van der Waals surface area contributed by atoms with E-state index in [0.717, 1.165) is 70.8 Å². The van der Waals surface area contributed by atoms with Crippen LogP contribution in [0.5, 0.6) is 5.75 Å². The Balaban J connectivity index is 1.03. The fourth-order valence-electron chi connectivity index (χ4n) is 6.71. The van der Waals surface area contributed by atoms with Gasteiger partial charge in [-0.3, -0.25) is 14.7 Å². The molecule has 1 saturated heterocycles. The highest BCUT2D eigenvalue weighted by atomic mass is 31.2. The molecule has 6 rings (SSSR count). The third-order valence-electron chi connectivity index (χ3n) is 10.2. The van der Waals surface area contributed by atoms with Crippen LogP contribution in [0, 0.1) is 6.92 Å². The number of β-amino-alcohol motifs (C(OH)–C–C–N with tert-alkyl or cyclic N) is 1. The number of aromatic nitrogens is 3. The molecule has 5 aromatic rings. The molecule has 0 spiro atoms. The summed E-state index contributed by atoms with van der Waals surface area (Å²) in [6, 6.07) is 24.4. The molecule has 1 aliphatic heterocycles. The number of quaternary nitrogens is 1. The number of pyridine rings is 1. The van der Waals surface area contributed by atoms with Crippen molar-refractivity contribution in [2.24, 2.45) is 0 Å². The molecule has 1 aliphatic rings. The van der Waals surface area contributed by atoms with Gasteiger partial charge in [0, 0.05) is 78.4 Å². The quantitative estimate of drug-likeness (QED) is 0.0377. The van der Waals surface area contributed by atoms with Crippen molar-refractivity contribution in [3.05, 3.63) is 125 Å². The Bertz CT molecular complexity index is 2240. The molecule has 59 heavy (non-hydrogen) atoms. The van der Waals surface area contributed by atoms with E-state index in [0.29, 0.717) is 41.6 Å². The van der Waals surface area contributed by atoms with Crippen molar-refractivity contribution in [3.8, 4) is 17.0 Å². The summed E-state index contributed by atoms with van der Waals surface area (Å²) in [4.78, 5) is 47.3. The van der Waals surface area contributed by atoms with Crippen molar-refractivity contribution in [1.82, 2.24) is 25.2 Å². The Labute approximate surface area is 345 Å². The zero-order valence-electron chi connectivity index (χ0n) is 34.1. The van der Waals surface area contributed by atoms with Crippen LogP contribution in [0.1, 0.15) is 59.5 Å². The summed E-state index contributed by atoms with van der Waals surface area (Å²) in [5.41, 5.74) is 6.96. The summed E-state index contributed by atoms with van der Waals surface area (Å²) < 4.78 is 22.4. The molecule has 0 saturated carbocycles. The molecule has 1 atom stereocenters. The number of benzene rings is 3. The van der Waals surface area contributed by atoms with E-state index >= 15 is 0 Å². The molecule has 15 nitrogen and oxygen atoms in total. The number of phosphoric ester groups is 1. The Hall–Kier alpha value is -5.09. The number of carbonyl (C=O) groups is 1. The number of aryl methyl sites for hydroxylation is 1. The summed E-state index contributed by atoms with van der Waals surface area (Å²) in [5.74, 6) is 0.632. The van der Waals surface area contributed by atoms with E-state index in [1.807, 2.05) is 100 Å². The van der Waals surface area contributed by atoms with Crippen molar-refractivity contribution in [1.29, 1.82) is 0 Å². The largest absolute Gasteiger partial charge is 0.472 e. The SMILES string of the molecule is Cc1ccc(NC(=O)c2ccc(CN3CC[N+](C)(Cc4ccc(C(O)CNC(C)(C)C)cc4OCOP(=O)(O)O)CC3)cc2)cc1Nc1nccc(-c2cccnc2)n1. The van der Waals surface area contributed by atoms with Gasteiger partial charge in [-0.25, -0.2) is 19.1 Å². The smallest absolute Gasteiger partial charge is 0.466 e. The molecule has 16 heteroatoms. The van der Waals surface area contributed by atoms with Crippen molar-refractivity contribution < 1.29 is 38.0 Å². The number of hydrogen-bond donors (Lipinski definition) is 6. The molecular formula is C43H54N8O7P+. The molecule has 6 N–H and O–H groups in total. The van der Waals surface area contributed by atoms with Crippen LogP contribution in [0.25, 0.3) is 11.3 Å². The van der Waals surface area contributed by atoms with Gasteiger partial charge < -0.3 is 40.1 Å². The summed E-state index contributed by atoms with van der Waals surface area (Å²) in [6.45, 7) is 12.5. The number of piperazine rings is 1. The number of nitrogens with one attached hydrogen (secondary N) is 3. The summed E-state index contributed by atoms with van der Waals surface area (Å²) >= 11 is 0. The molecule has 312 valence electrons. The van der Waals surface area contributed by atoms with Crippen LogP contribution in [-0.4, -0.2) is 97.2 Å². The first kappa shape index (κ1) is 43.5. The highest BCUT2D eigenvalue weighted by Crippen LogP contribution is 2.36. The maximum absolute atomic E-state index is 13.3. The lowest BCUT2D eigenvalue weighted by molar-refractivity contribution is -0.926. The van der Waals surface area contributed by atoms with Gasteiger partial charge in [-0.1, -0.05) is 24.3 Å². The zero-order chi connectivity index (χ0) is 42.2. The number of ether oxygens (including phenoxy) is 1. The minimum atomic E-state index is -4.73. The highest BCUT2D eigenvalue weighted by molar-refractivity contribution is 7.46. The number of likely N-dealkylation sites (N-methyl/N-ethyl adjacent to an activating group) is 1. The topological polar surface area (TPSA) is 191 Å². The van der Waals surface area contributed by atoms with Crippen molar-refractivity contribution >= 4 is 31.1 Å². The van der Waals surface area contributed by atoms with Crippen LogP contribution in [0.4, 0.5) is 17.3 Å². The first-order valence-electron chi connectivity index (χ1n) is 19.5. The maximum Gasteiger partial charge on any atom is 0.472 e. The molecule has 1 amide bonds. The van der Waals surface area contributed by atoms with Gasteiger partial charge in [0.1, 0.15) is 12.3 Å². The molecule has 3 heterocycles. The van der Waals surface area contributed by atoms with Crippen LogP contribution < -0.4 is 20.7 Å².